The highest BCUT2D eigenvalue weighted by Crippen LogP contribution is 2.28. The number of nitrogens with zero attached hydrogens (tertiary/aromatic N) is 1. The predicted molar refractivity (Wildman–Crippen MR) is 81.7 cm³/mol. The summed E-state index contributed by atoms with van der Waals surface area (Å²) in [6.07, 6.45) is 7.77. The third-order valence-corrected chi connectivity index (χ3v) is 3.22. The van der Waals surface area contributed by atoms with Crippen molar-refractivity contribution in [1.82, 2.24) is 10.6 Å². The molecule has 0 bridgehead atoms. The summed E-state index contributed by atoms with van der Waals surface area (Å²) in [5.74, 6) is 1.77. The number of unbranched alkanes of at least 4 members (excludes halogenated alkanes) is 3. The minimum atomic E-state index is 0.775. The van der Waals surface area contributed by atoms with E-state index >= 15 is 0 Å². The summed E-state index contributed by atoms with van der Waals surface area (Å²) >= 11 is 0. The fourth-order valence-electron chi connectivity index (χ4n) is 1.85. The van der Waals surface area contributed by atoms with E-state index in [1.165, 1.54) is 38.5 Å². The maximum absolute atomic E-state index is 5.60. The standard InChI is InChI=1S/C15H31N3O/c1-3-5-6-7-10-17-15(16-4-2)18-11-12-19-13-14-8-9-14/h14H,3-13H2,1-2H3,(H2,16,17,18). The highest BCUT2D eigenvalue weighted by Gasteiger charge is 2.20. The molecule has 2 N–H and O–H groups in total. The van der Waals surface area contributed by atoms with Gasteiger partial charge in [-0.1, -0.05) is 26.2 Å². The maximum atomic E-state index is 5.60. The molecule has 0 radical (unpaired) electrons. The van der Waals surface area contributed by atoms with E-state index in [1.807, 2.05) is 0 Å². The lowest BCUT2D eigenvalue weighted by atomic mass is 10.2. The van der Waals surface area contributed by atoms with Gasteiger partial charge in [0, 0.05) is 26.2 Å². The third-order valence-electron chi connectivity index (χ3n) is 3.22. The second-order valence-electron chi connectivity index (χ2n) is 5.27. The van der Waals surface area contributed by atoms with Gasteiger partial charge < -0.3 is 15.4 Å². The zero-order valence-electron chi connectivity index (χ0n) is 12.7. The molecule has 1 rings (SSSR count). The van der Waals surface area contributed by atoms with Crippen LogP contribution in [0.2, 0.25) is 0 Å². The lowest BCUT2D eigenvalue weighted by Gasteiger charge is -2.11. The largest absolute Gasteiger partial charge is 0.379 e. The minimum absolute atomic E-state index is 0.775. The molecule has 0 saturated heterocycles. The molecule has 0 aromatic heterocycles. The lowest BCUT2D eigenvalue weighted by molar-refractivity contribution is 0.129. The minimum Gasteiger partial charge on any atom is -0.379 e. The molecule has 0 amide bonds. The van der Waals surface area contributed by atoms with E-state index in [2.05, 4.69) is 29.5 Å². The molecule has 0 aromatic rings. The summed E-state index contributed by atoms with van der Waals surface area (Å²) in [5, 5.41) is 6.59. The maximum Gasteiger partial charge on any atom is 0.191 e. The molecule has 1 saturated carbocycles. The number of guanidine groups is 1. The van der Waals surface area contributed by atoms with Gasteiger partial charge in [-0.05, 0) is 32.1 Å². The van der Waals surface area contributed by atoms with Crippen LogP contribution < -0.4 is 10.6 Å². The van der Waals surface area contributed by atoms with E-state index in [4.69, 9.17) is 4.74 Å². The van der Waals surface area contributed by atoms with Crippen LogP contribution in [0.4, 0.5) is 0 Å². The predicted octanol–water partition coefficient (Wildman–Crippen LogP) is 2.55. The van der Waals surface area contributed by atoms with Gasteiger partial charge in [0.1, 0.15) is 0 Å². The first-order chi connectivity index (χ1) is 9.36. The van der Waals surface area contributed by atoms with Gasteiger partial charge in [0.25, 0.3) is 0 Å². The normalized spacial score (nSPS) is 15.6. The van der Waals surface area contributed by atoms with Crippen molar-refractivity contribution in [3.8, 4) is 0 Å². The molecular formula is C15H31N3O. The van der Waals surface area contributed by atoms with Gasteiger partial charge in [0.2, 0.25) is 0 Å². The molecule has 0 atom stereocenters. The van der Waals surface area contributed by atoms with E-state index in [0.29, 0.717) is 0 Å². The number of hydrogen-bond donors (Lipinski definition) is 2. The van der Waals surface area contributed by atoms with Crippen LogP contribution in [0.1, 0.15) is 52.4 Å². The van der Waals surface area contributed by atoms with Gasteiger partial charge in [-0.15, -0.1) is 0 Å². The van der Waals surface area contributed by atoms with Crippen LogP contribution in [0, 0.1) is 5.92 Å². The number of rotatable bonds is 11. The summed E-state index contributed by atoms with van der Waals surface area (Å²) < 4.78 is 5.60. The number of hydrogen-bond acceptors (Lipinski definition) is 2. The molecule has 0 unspecified atom stereocenters. The lowest BCUT2D eigenvalue weighted by Crippen LogP contribution is -2.39. The Morgan fingerprint density at radius 3 is 2.68 bits per heavy atom. The average molecular weight is 269 g/mol. The molecule has 112 valence electrons. The van der Waals surface area contributed by atoms with Crippen molar-refractivity contribution >= 4 is 5.96 Å². The quantitative estimate of drug-likeness (QED) is 0.344. The van der Waals surface area contributed by atoms with Crippen LogP contribution in [0.5, 0.6) is 0 Å². The van der Waals surface area contributed by atoms with Crippen molar-refractivity contribution in [1.29, 1.82) is 0 Å². The highest BCUT2D eigenvalue weighted by atomic mass is 16.5. The zero-order valence-corrected chi connectivity index (χ0v) is 12.7. The molecule has 0 heterocycles. The van der Waals surface area contributed by atoms with Crippen molar-refractivity contribution in [2.75, 3.05) is 32.8 Å². The van der Waals surface area contributed by atoms with Crippen LogP contribution in [0.15, 0.2) is 4.99 Å². The first-order valence-electron chi connectivity index (χ1n) is 7.96. The fraction of sp³-hybridized carbons (Fsp3) is 0.933. The summed E-state index contributed by atoms with van der Waals surface area (Å²) in [7, 11) is 0. The number of nitrogens with one attached hydrogen (secondary N) is 2. The van der Waals surface area contributed by atoms with Gasteiger partial charge in [0.05, 0.1) is 6.61 Å². The Labute approximate surface area is 118 Å². The first-order valence-corrected chi connectivity index (χ1v) is 7.96. The van der Waals surface area contributed by atoms with Gasteiger partial charge in [0.15, 0.2) is 5.96 Å². The summed E-state index contributed by atoms with van der Waals surface area (Å²) in [6.45, 7) is 8.70. The molecule has 1 aliphatic carbocycles. The molecule has 1 aliphatic rings. The van der Waals surface area contributed by atoms with Crippen LogP contribution in [-0.2, 0) is 4.74 Å². The van der Waals surface area contributed by atoms with E-state index in [1.54, 1.807) is 0 Å². The summed E-state index contributed by atoms with van der Waals surface area (Å²) in [5.41, 5.74) is 0. The SMILES string of the molecule is CCCCCCN=C(NCC)NCCOCC1CC1. The van der Waals surface area contributed by atoms with Crippen molar-refractivity contribution in [2.45, 2.75) is 52.4 Å². The molecule has 4 nitrogen and oxygen atoms in total. The van der Waals surface area contributed by atoms with Gasteiger partial charge >= 0.3 is 0 Å². The average Bonchev–Trinajstić information content (AvgIpc) is 3.22. The van der Waals surface area contributed by atoms with Crippen molar-refractivity contribution in [3.63, 3.8) is 0 Å². The Kier molecular flexibility index (Phi) is 9.51. The second-order valence-corrected chi connectivity index (χ2v) is 5.27. The molecule has 0 aliphatic heterocycles. The van der Waals surface area contributed by atoms with E-state index in [0.717, 1.165) is 44.7 Å². The third kappa shape index (κ3) is 9.77. The summed E-state index contributed by atoms with van der Waals surface area (Å²) in [4.78, 5) is 4.57. The Hall–Kier alpha value is -0.770. The van der Waals surface area contributed by atoms with Gasteiger partial charge in [-0.3, -0.25) is 4.99 Å². The van der Waals surface area contributed by atoms with Crippen LogP contribution in [0.25, 0.3) is 0 Å². The van der Waals surface area contributed by atoms with Gasteiger partial charge in [-0.25, -0.2) is 0 Å². The van der Waals surface area contributed by atoms with Crippen LogP contribution >= 0.6 is 0 Å². The topological polar surface area (TPSA) is 45.7 Å². The molecule has 0 spiro atoms. The Balaban J connectivity index is 2.02. The van der Waals surface area contributed by atoms with E-state index in [-0.39, 0.29) is 0 Å². The van der Waals surface area contributed by atoms with Gasteiger partial charge in [-0.2, -0.15) is 0 Å². The Morgan fingerprint density at radius 2 is 2.00 bits per heavy atom. The Morgan fingerprint density at radius 1 is 1.16 bits per heavy atom. The number of aliphatic imine (C=N–C) groups is 1. The molecular weight excluding hydrogens is 238 g/mol. The van der Waals surface area contributed by atoms with Crippen molar-refractivity contribution in [2.24, 2.45) is 10.9 Å². The van der Waals surface area contributed by atoms with Crippen LogP contribution in [-0.4, -0.2) is 38.8 Å². The monoisotopic (exact) mass is 269 g/mol. The molecule has 4 heteroatoms. The van der Waals surface area contributed by atoms with Crippen LogP contribution in [0.3, 0.4) is 0 Å². The molecule has 0 aromatic carbocycles. The van der Waals surface area contributed by atoms with Crippen molar-refractivity contribution < 1.29 is 4.74 Å². The van der Waals surface area contributed by atoms with Crippen molar-refractivity contribution in [3.05, 3.63) is 0 Å². The van der Waals surface area contributed by atoms with E-state index in [9.17, 15) is 0 Å². The second kappa shape index (κ2) is 11.1. The fourth-order valence-corrected chi connectivity index (χ4v) is 1.85. The number of ether oxygens (including phenoxy) is 1. The smallest absolute Gasteiger partial charge is 0.191 e. The summed E-state index contributed by atoms with van der Waals surface area (Å²) in [6, 6.07) is 0. The first kappa shape index (κ1) is 16.3. The highest BCUT2D eigenvalue weighted by molar-refractivity contribution is 5.79. The Bertz CT molecular complexity index is 240. The van der Waals surface area contributed by atoms with E-state index < -0.39 is 0 Å². The zero-order chi connectivity index (χ0) is 13.8. The molecule has 1 fully saturated rings. The molecule has 19 heavy (non-hydrogen) atoms.